The number of hydrogen-bond donors (Lipinski definition) is 3. The van der Waals surface area contributed by atoms with Gasteiger partial charge >= 0.3 is 0 Å². The highest BCUT2D eigenvalue weighted by Gasteiger charge is 2.54. The van der Waals surface area contributed by atoms with E-state index in [9.17, 15) is 5.11 Å². The van der Waals surface area contributed by atoms with Gasteiger partial charge in [-0.2, -0.15) is 0 Å². The van der Waals surface area contributed by atoms with E-state index >= 15 is 0 Å². The summed E-state index contributed by atoms with van der Waals surface area (Å²) in [4.78, 5) is 5.81. The quantitative estimate of drug-likeness (QED) is 0.476. The van der Waals surface area contributed by atoms with Gasteiger partial charge in [0, 0.05) is 6.20 Å². The average molecular weight is 227 g/mol. The molecule has 0 spiro atoms. The number of aliphatic hydroxyl groups excluding tert-OH is 2. The molecule has 2 unspecified atom stereocenters. The Hall–Kier alpha value is -1.15. The summed E-state index contributed by atoms with van der Waals surface area (Å²) in [6.45, 7) is -0.231. The number of fused-ring (bicyclic) bond motifs is 3. The van der Waals surface area contributed by atoms with Gasteiger partial charge in [0.2, 0.25) is 6.35 Å². The predicted molar refractivity (Wildman–Crippen MR) is 53.0 cm³/mol. The molecule has 0 aliphatic carbocycles. The van der Waals surface area contributed by atoms with Crippen molar-refractivity contribution in [1.82, 2.24) is 4.90 Å². The molecule has 3 heterocycles. The number of hydrogen-bond acceptors (Lipinski definition) is 7. The topological polar surface area (TPSA) is 101 Å². The Labute approximate surface area is 91.8 Å². The van der Waals surface area contributed by atoms with E-state index in [-0.39, 0.29) is 6.61 Å². The Morgan fingerprint density at radius 3 is 3.06 bits per heavy atom. The molecule has 2 saturated heterocycles. The number of aliphatic hydroxyl groups is 2. The molecule has 0 saturated carbocycles. The summed E-state index contributed by atoms with van der Waals surface area (Å²) in [5, 5.41) is 18.8. The molecule has 0 radical (unpaired) electrons. The van der Waals surface area contributed by atoms with Crippen molar-refractivity contribution >= 4 is 5.84 Å². The molecule has 0 aromatic carbocycles. The zero-order chi connectivity index (χ0) is 11.3. The van der Waals surface area contributed by atoms with Crippen molar-refractivity contribution in [2.75, 3.05) is 6.61 Å². The zero-order valence-corrected chi connectivity index (χ0v) is 8.43. The SMILES string of the molecule is NC1=NC2OC3[C@@H](O)[C@@H](CO)O[C@H]3N2C=C1. The van der Waals surface area contributed by atoms with Crippen molar-refractivity contribution < 1.29 is 19.7 Å². The standard InChI is InChI=1S/C9H13N3O4/c10-5-1-2-12-8-7(16-9(12)11-5)6(14)4(3-13)15-8/h1-2,4,6-9,13-14H,3H2,(H2,10,11)/t4-,6+,7?,8-,9?/m1/s1. The maximum atomic E-state index is 9.83. The normalized spacial score (nSPS) is 45.5. The van der Waals surface area contributed by atoms with Crippen LogP contribution >= 0.6 is 0 Å². The Morgan fingerprint density at radius 1 is 1.50 bits per heavy atom. The summed E-state index contributed by atoms with van der Waals surface area (Å²) in [6, 6.07) is 0. The van der Waals surface area contributed by atoms with E-state index in [4.69, 9.17) is 20.3 Å². The third-order valence-electron chi connectivity index (χ3n) is 3.00. The fourth-order valence-corrected chi connectivity index (χ4v) is 2.18. The van der Waals surface area contributed by atoms with Crippen LogP contribution in [0.5, 0.6) is 0 Å². The Morgan fingerprint density at radius 2 is 2.31 bits per heavy atom. The molecule has 7 heteroatoms. The average Bonchev–Trinajstić information content (AvgIpc) is 2.75. The Bertz CT molecular complexity index is 359. The van der Waals surface area contributed by atoms with E-state index in [1.54, 1.807) is 17.2 Å². The lowest BCUT2D eigenvalue weighted by Gasteiger charge is -2.26. The number of amidine groups is 1. The van der Waals surface area contributed by atoms with Gasteiger partial charge in [-0.15, -0.1) is 0 Å². The van der Waals surface area contributed by atoms with Gasteiger partial charge in [-0.05, 0) is 6.08 Å². The summed E-state index contributed by atoms with van der Waals surface area (Å²) in [5.41, 5.74) is 5.54. The minimum absolute atomic E-state index is 0.231. The molecule has 3 aliphatic rings. The van der Waals surface area contributed by atoms with E-state index in [0.717, 1.165) is 0 Å². The first-order valence-corrected chi connectivity index (χ1v) is 5.09. The lowest BCUT2D eigenvalue weighted by molar-refractivity contribution is -0.0910. The Balaban J connectivity index is 1.83. The van der Waals surface area contributed by atoms with Crippen LogP contribution in [0.1, 0.15) is 0 Å². The number of nitrogens with zero attached hydrogens (tertiary/aromatic N) is 2. The van der Waals surface area contributed by atoms with Gasteiger partial charge in [0.15, 0.2) is 6.23 Å². The van der Waals surface area contributed by atoms with Gasteiger partial charge in [-0.3, -0.25) is 0 Å². The summed E-state index contributed by atoms with van der Waals surface area (Å²) in [7, 11) is 0. The highest BCUT2D eigenvalue weighted by Crippen LogP contribution is 2.36. The van der Waals surface area contributed by atoms with Gasteiger partial charge < -0.3 is 30.3 Å². The zero-order valence-electron chi connectivity index (χ0n) is 8.43. The maximum Gasteiger partial charge on any atom is 0.232 e. The molecular formula is C9H13N3O4. The molecular weight excluding hydrogens is 214 g/mol. The van der Waals surface area contributed by atoms with E-state index in [1.807, 2.05) is 0 Å². The van der Waals surface area contributed by atoms with Crippen molar-refractivity contribution in [2.45, 2.75) is 30.9 Å². The summed E-state index contributed by atoms with van der Waals surface area (Å²) in [5.74, 6) is 0.384. The van der Waals surface area contributed by atoms with Crippen molar-refractivity contribution in [3.05, 3.63) is 12.3 Å². The van der Waals surface area contributed by atoms with Crippen molar-refractivity contribution in [2.24, 2.45) is 10.7 Å². The fourth-order valence-electron chi connectivity index (χ4n) is 2.18. The third-order valence-corrected chi connectivity index (χ3v) is 3.00. The monoisotopic (exact) mass is 227 g/mol. The van der Waals surface area contributed by atoms with Gasteiger partial charge in [-0.1, -0.05) is 0 Å². The van der Waals surface area contributed by atoms with Crippen molar-refractivity contribution in [1.29, 1.82) is 0 Å². The minimum Gasteiger partial charge on any atom is -0.394 e. The largest absolute Gasteiger partial charge is 0.394 e. The van der Waals surface area contributed by atoms with Gasteiger partial charge in [0.25, 0.3) is 0 Å². The third kappa shape index (κ3) is 1.26. The number of aliphatic imine (C=N–C) groups is 1. The van der Waals surface area contributed by atoms with E-state index in [0.29, 0.717) is 5.84 Å². The Kier molecular flexibility index (Phi) is 2.15. The number of ether oxygens (including phenoxy) is 2. The van der Waals surface area contributed by atoms with E-state index in [1.165, 1.54) is 0 Å². The first-order valence-electron chi connectivity index (χ1n) is 5.09. The molecule has 3 aliphatic heterocycles. The van der Waals surface area contributed by atoms with Gasteiger partial charge in [0.05, 0.1) is 6.61 Å². The van der Waals surface area contributed by atoms with Crippen molar-refractivity contribution in [3.8, 4) is 0 Å². The first-order chi connectivity index (χ1) is 7.70. The molecule has 3 rings (SSSR count). The van der Waals surface area contributed by atoms with Crippen molar-refractivity contribution in [3.63, 3.8) is 0 Å². The number of rotatable bonds is 1. The molecule has 2 fully saturated rings. The van der Waals surface area contributed by atoms with Crippen LogP contribution in [0.15, 0.2) is 17.3 Å². The lowest BCUT2D eigenvalue weighted by atomic mass is 10.1. The number of nitrogens with two attached hydrogens (primary N) is 1. The molecule has 88 valence electrons. The molecule has 5 atom stereocenters. The van der Waals surface area contributed by atoms with Crippen LogP contribution < -0.4 is 5.73 Å². The first kappa shape index (κ1) is 10.0. The van der Waals surface area contributed by atoms with Crippen LogP contribution in [0, 0.1) is 0 Å². The molecule has 16 heavy (non-hydrogen) atoms. The second kappa shape index (κ2) is 3.42. The van der Waals surface area contributed by atoms with Gasteiger partial charge in [-0.25, -0.2) is 4.99 Å². The summed E-state index contributed by atoms with van der Waals surface area (Å²) in [6.07, 6.45) is 0.480. The van der Waals surface area contributed by atoms with Crippen LogP contribution in [0.2, 0.25) is 0 Å². The fraction of sp³-hybridized carbons (Fsp3) is 0.667. The molecule has 0 aromatic heterocycles. The molecule has 0 bridgehead atoms. The van der Waals surface area contributed by atoms with E-state index < -0.39 is 30.9 Å². The molecule has 7 nitrogen and oxygen atoms in total. The second-order valence-electron chi connectivity index (χ2n) is 3.98. The highest BCUT2D eigenvalue weighted by atomic mass is 16.6. The summed E-state index contributed by atoms with van der Waals surface area (Å²) >= 11 is 0. The molecule has 0 aromatic rings. The highest BCUT2D eigenvalue weighted by molar-refractivity contribution is 5.91. The van der Waals surface area contributed by atoms with Crippen LogP contribution in [0.25, 0.3) is 0 Å². The maximum absolute atomic E-state index is 9.83. The van der Waals surface area contributed by atoms with Gasteiger partial charge in [0.1, 0.15) is 24.1 Å². The predicted octanol–water partition coefficient (Wildman–Crippen LogP) is -2.07. The second-order valence-corrected chi connectivity index (χ2v) is 3.98. The van der Waals surface area contributed by atoms with Crippen LogP contribution in [-0.2, 0) is 9.47 Å². The lowest BCUT2D eigenvalue weighted by Crippen LogP contribution is -2.37. The molecule has 4 N–H and O–H groups in total. The van der Waals surface area contributed by atoms with Crippen LogP contribution in [0.3, 0.4) is 0 Å². The summed E-state index contributed by atoms with van der Waals surface area (Å²) < 4.78 is 11.0. The van der Waals surface area contributed by atoms with E-state index in [2.05, 4.69) is 4.99 Å². The smallest absolute Gasteiger partial charge is 0.232 e. The molecule has 0 amide bonds. The van der Waals surface area contributed by atoms with Crippen LogP contribution in [-0.4, -0.2) is 58.4 Å². The minimum atomic E-state index is -0.842. The van der Waals surface area contributed by atoms with Crippen LogP contribution in [0.4, 0.5) is 0 Å².